The van der Waals surface area contributed by atoms with Crippen LogP contribution >= 0.6 is 0 Å². The second-order valence-corrected chi connectivity index (χ2v) is 8.52. The Kier molecular flexibility index (Phi) is 5.84. The Morgan fingerprint density at radius 1 is 1.06 bits per heavy atom. The van der Waals surface area contributed by atoms with Crippen molar-refractivity contribution in [2.45, 2.75) is 6.42 Å². The molecule has 184 valence electrons. The molecular weight excluding hydrogens is 467 g/mol. The summed E-state index contributed by atoms with van der Waals surface area (Å²) in [5.41, 5.74) is 2.88. The van der Waals surface area contributed by atoms with Crippen LogP contribution in [0.15, 0.2) is 53.1 Å². The van der Waals surface area contributed by atoms with Crippen molar-refractivity contribution in [3.8, 4) is 5.75 Å². The lowest BCUT2D eigenvalue weighted by Crippen LogP contribution is -2.46. The smallest absolute Gasteiger partial charge is 0.289 e. The Balaban J connectivity index is 1.19. The van der Waals surface area contributed by atoms with Gasteiger partial charge in [0.25, 0.3) is 5.91 Å². The van der Waals surface area contributed by atoms with Crippen LogP contribution in [-0.2, 0) is 11.3 Å². The number of furan rings is 1. The molecule has 2 aliphatic heterocycles. The van der Waals surface area contributed by atoms with Crippen molar-refractivity contribution in [3.05, 3.63) is 65.8 Å². The molecule has 2 aromatic heterocycles. The van der Waals surface area contributed by atoms with Crippen molar-refractivity contribution in [3.63, 3.8) is 0 Å². The van der Waals surface area contributed by atoms with E-state index in [4.69, 9.17) is 14.2 Å². The molecule has 36 heavy (non-hydrogen) atoms. The van der Waals surface area contributed by atoms with Gasteiger partial charge in [0.05, 0.1) is 12.8 Å². The summed E-state index contributed by atoms with van der Waals surface area (Å²) in [4.78, 5) is 33.1. The number of hydrogen-bond donors (Lipinski definition) is 3. The molecule has 10 nitrogen and oxygen atoms in total. The van der Waals surface area contributed by atoms with Crippen LogP contribution in [0.2, 0.25) is 0 Å². The molecule has 1 saturated heterocycles. The SMILES string of the molecule is O=C(c1cc2cc(Nc3ncc(F)c(Nc4ccc5c(c4)OOCC5)n3)ccc2o1)N1CCNCC1. The molecule has 0 saturated carbocycles. The van der Waals surface area contributed by atoms with Crippen molar-refractivity contribution in [1.82, 2.24) is 20.2 Å². The van der Waals surface area contributed by atoms with Crippen LogP contribution in [0, 0.1) is 5.82 Å². The lowest BCUT2D eigenvalue weighted by Gasteiger charge is -2.26. The minimum absolute atomic E-state index is 0.0115. The second kappa shape index (κ2) is 9.44. The van der Waals surface area contributed by atoms with Crippen molar-refractivity contribution in [2.75, 3.05) is 43.4 Å². The number of fused-ring (bicyclic) bond motifs is 2. The van der Waals surface area contributed by atoms with Crippen molar-refractivity contribution in [2.24, 2.45) is 0 Å². The Morgan fingerprint density at radius 2 is 1.89 bits per heavy atom. The first-order chi connectivity index (χ1) is 17.6. The molecule has 11 heteroatoms. The number of piperazine rings is 1. The normalized spacial score (nSPS) is 15.3. The molecule has 0 spiro atoms. The molecule has 2 aromatic carbocycles. The summed E-state index contributed by atoms with van der Waals surface area (Å²) in [5, 5.41) is 10.0. The zero-order valence-corrected chi connectivity index (χ0v) is 19.2. The van der Waals surface area contributed by atoms with Gasteiger partial charge in [0.2, 0.25) is 5.95 Å². The molecule has 3 N–H and O–H groups in total. The van der Waals surface area contributed by atoms with Gasteiger partial charge in [0.15, 0.2) is 23.1 Å². The number of carbonyl (C=O) groups excluding carboxylic acids is 1. The van der Waals surface area contributed by atoms with Crippen LogP contribution in [0.5, 0.6) is 5.75 Å². The first-order valence-corrected chi connectivity index (χ1v) is 11.6. The highest BCUT2D eigenvalue weighted by Gasteiger charge is 2.21. The summed E-state index contributed by atoms with van der Waals surface area (Å²) in [5.74, 6) is 0.375. The van der Waals surface area contributed by atoms with E-state index in [9.17, 15) is 9.18 Å². The van der Waals surface area contributed by atoms with Gasteiger partial charge >= 0.3 is 0 Å². The van der Waals surface area contributed by atoms with Crippen LogP contribution in [0.3, 0.4) is 0 Å². The molecule has 2 aliphatic rings. The molecule has 0 unspecified atom stereocenters. The molecule has 4 aromatic rings. The fourth-order valence-corrected chi connectivity index (χ4v) is 4.20. The van der Waals surface area contributed by atoms with E-state index in [0.717, 1.165) is 36.7 Å². The number of amides is 1. The van der Waals surface area contributed by atoms with Crippen molar-refractivity contribution in [1.29, 1.82) is 0 Å². The van der Waals surface area contributed by atoms with Gasteiger partial charge < -0.3 is 30.2 Å². The van der Waals surface area contributed by atoms with Crippen LogP contribution in [-0.4, -0.2) is 53.6 Å². The Bertz CT molecular complexity index is 1440. The van der Waals surface area contributed by atoms with Gasteiger partial charge in [-0.1, -0.05) is 6.07 Å². The summed E-state index contributed by atoms with van der Waals surface area (Å²) in [6, 6.07) is 12.6. The molecule has 1 amide bonds. The van der Waals surface area contributed by atoms with Gasteiger partial charge in [-0.3, -0.25) is 4.79 Å². The molecule has 1 fully saturated rings. The minimum atomic E-state index is -0.600. The third-order valence-corrected chi connectivity index (χ3v) is 6.06. The third-order valence-electron chi connectivity index (χ3n) is 6.06. The van der Waals surface area contributed by atoms with E-state index in [1.807, 2.05) is 18.2 Å². The standard InChI is InChI=1S/C25H23FN6O4/c26-19-14-28-25(31-23(19)29-18-2-1-15-5-10-34-36-21(15)13-18)30-17-3-4-20-16(11-17)12-22(35-20)24(33)32-8-6-27-7-9-32/h1-4,11-14,27H,5-10H2,(H2,28,29,30,31). The largest absolute Gasteiger partial charge is 0.451 e. The summed E-state index contributed by atoms with van der Waals surface area (Å²) in [6.45, 7) is 3.32. The quantitative estimate of drug-likeness (QED) is 0.360. The van der Waals surface area contributed by atoms with Crippen LogP contribution in [0.25, 0.3) is 11.0 Å². The number of nitrogens with one attached hydrogen (secondary N) is 3. The highest BCUT2D eigenvalue weighted by Crippen LogP contribution is 2.30. The first-order valence-electron chi connectivity index (χ1n) is 11.6. The number of rotatable bonds is 5. The highest BCUT2D eigenvalue weighted by atomic mass is 19.1. The van der Waals surface area contributed by atoms with Gasteiger partial charge in [-0.25, -0.2) is 9.37 Å². The second-order valence-electron chi connectivity index (χ2n) is 8.52. The summed E-state index contributed by atoms with van der Waals surface area (Å²) >= 11 is 0. The van der Waals surface area contributed by atoms with Gasteiger partial charge in [-0.2, -0.15) is 9.87 Å². The molecule has 0 atom stereocenters. The zero-order valence-electron chi connectivity index (χ0n) is 19.2. The predicted octanol–water partition coefficient (Wildman–Crippen LogP) is 3.76. The molecule has 0 bridgehead atoms. The van der Waals surface area contributed by atoms with Crippen LogP contribution in [0.4, 0.5) is 27.5 Å². The molecule has 4 heterocycles. The molecule has 0 radical (unpaired) electrons. The van der Waals surface area contributed by atoms with Gasteiger partial charge in [-0.15, -0.1) is 0 Å². The minimum Gasteiger partial charge on any atom is -0.451 e. The van der Waals surface area contributed by atoms with Gasteiger partial charge in [-0.05, 0) is 30.3 Å². The number of hydrogen-bond acceptors (Lipinski definition) is 9. The van der Waals surface area contributed by atoms with E-state index in [0.29, 0.717) is 48.2 Å². The van der Waals surface area contributed by atoms with E-state index in [2.05, 4.69) is 25.9 Å². The number of halogens is 1. The number of nitrogens with zero attached hydrogens (tertiary/aromatic N) is 3. The fourth-order valence-electron chi connectivity index (χ4n) is 4.20. The first kappa shape index (κ1) is 22.3. The number of anilines is 4. The average molecular weight is 490 g/mol. The fraction of sp³-hybridized carbons (Fsp3) is 0.240. The lowest BCUT2D eigenvalue weighted by molar-refractivity contribution is -0.215. The van der Waals surface area contributed by atoms with Gasteiger partial charge in [0.1, 0.15) is 5.58 Å². The maximum atomic E-state index is 14.4. The maximum absolute atomic E-state index is 14.4. The Morgan fingerprint density at radius 3 is 2.78 bits per heavy atom. The highest BCUT2D eigenvalue weighted by molar-refractivity contribution is 5.97. The van der Waals surface area contributed by atoms with E-state index in [-0.39, 0.29) is 17.7 Å². The van der Waals surface area contributed by atoms with Crippen LogP contribution < -0.4 is 20.8 Å². The number of benzene rings is 2. The maximum Gasteiger partial charge on any atom is 0.289 e. The predicted molar refractivity (Wildman–Crippen MR) is 130 cm³/mol. The lowest BCUT2D eigenvalue weighted by atomic mass is 10.1. The average Bonchev–Trinajstić information content (AvgIpc) is 3.34. The summed E-state index contributed by atoms with van der Waals surface area (Å²) < 4.78 is 20.2. The monoisotopic (exact) mass is 490 g/mol. The summed E-state index contributed by atoms with van der Waals surface area (Å²) in [7, 11) is 0. The third kappa shape index (κ3) is 4.53. The van der Waals surface area contributed by atoms with E-state index < -0.39 is 5.82 Å². The topological polar surface area (TPSA) is 114 Å². The van der Waals surface area contributed by atoms with E-state index in [1.165, 1.54) is 0 Å². The van der Waals surface area contributed by atoms with E-state index in [1.54, 1.807) is 29.2 Å². The molecule has 6 rings (SSSR count). The van der Waals surface area contributed by atoms with E-state index >= 15 is 0 Å². The molecular formula is C25H23FN6O4. The Labute approximate surface area is 205 Å². The summed E-state index contributed by atoms with van der Waals surface area (Å²) in [6.07, 6.45) is 1.84. The number of aromatic nitrogens is 2. The molecule has 0 aliphatic carbocycles. The number of carbonyl (C=O) groups is 1. The van der Waals surface area contributed by atoms with Crippen LogP contribution in [0.1, 0.15) is 16.1 Å². The Hall–Kier alpha value is -4.22. The van der Waals surface area contributed by atoms with Crippen molar-refractivity contribution < 1.29 is 23.4 Å². The van der Waals surface area contributed by atoms with Crippen molar-refractivity contribution >= 4 is 40.0 Å². The zero-order chi connectivity index (χ0) is 24.5. The van der Waals surface area contributed by atoms with Gasteiger partial charge in [0, 0.05) is 61.0 Å².